The van der Waals surface area contributed by atoms with Crippen LogP contribution in [0.1, 0.15) is 23.2 Å². The van der Waals surface area contributed by atoms with Crippen molar-refractivity contribution in [2.24, 2.45) is 5.92 Å². The minimum absolute atomic E-state index is 0.120. The van der Waals surface area contributed by atoms with Crippen LogP contribution in [0.25, 0.3) is 0 Å². The number of hydrogen-bond donors (Lipinski definition) is 0. The number of piperidine rings is 1. The number of hydrogen-bond acceptors (Lipinski definition) is 2. The van der Waals surface area contributed by atoms with Crippen molar-refractivity contribution in [2.75, 3.05) is 26.7 Å². The van der Waals surface area contributed by atoms with Crippen LogP contribution in [-0.4, -0.2) is 48.4 Å². The van der Waals surface area contributed by atoms with E-state index in [1.165, 1.54) is 12.8 Å². The third-order valence-corrected chi connectivity index (χ3v) is 4.58. The maximum atomic E-state index is 12.6. The number of carbonyl (C=O) groups is 1. The smallest absolute Gasteiger partial charge is 0.253 e. The van der Waals surface area contributed by atoms with Gasteiger partial charge >= 0.3 is 0 Å². The van der Waals surface area contributed by atoms with Crippen molar-refractivity contribution in [2.45, 2.75) is 18.9 Å². The Morgan fingerprint density at radius 3 is 2.84 bits per heavy atom. The Morgan fingerprint density at radius 1 is 1.26 bits per heavy atom. The van der Waals surface area contributed by atoms with Crippen LogP contribution in [0.2, 0.25) is 5.02 Å². The summed E-state index contributed by atoms with van der Waals surface area (Å²) < 4.78 is 0. The summed E-state index contributed by atoms with van der Waals surface area (Å²) in [6.07, 6.45) is 2.45. The first-order valence-corrected chi connectivity index (χ1v) is 7.26. The lowest BCUT2D eigenvalue weighted by molar-refractivity contribution is 0.0742. The van der Waals surface area contributed by atoms with Crippen molar-refractivity contribution in [1.82, 2.24) is 9.80 Å². The molecule has 4 heteroatoms. The van der Waals surface area contributed by atoms with Gasteiger partial charge in [-0.25, -0.2) is 0 Å². The molecule has 1 aromatic rings. The lowest BCUT2D eigenvalue weighted by Gasteiger charge is -2.32. The van der Waals surface area contributed by atoms with Gasteiger partial charge in [-0.1, -0.05) is 17.7 Å². The number of likely N-dealkylation sites (N-methyl/N-ethyl adjacent to an activating group) is 1. The molecule has 3 fully saturated rings. The number of amides is 1. The lowest BCUT2D eigenvalue weighted by atomic mass is 9.96. The molecule has 19 heavy (non-hydrogen) atoms. The van der Waals surface area contributed by atoms with Crippen molar-refractivity contribution >= 4 is 17.5 Å². The third-order valence-electron chi connectivity index (χ3n) is 4.35. The van der Waals surface area contributed by atoms with Gasteiger partial charge in [0, 0.05) is 36.3 Å². The molecule has 3 aliphatic heterocycles. The first-order valence-electron chi connectivity index (χ1n) is 6.88. The van der Waals surface area contributed by atoms with E-state index in [2.05, 4.69) is 11.9 Å². The standard InChI is InChI=1S/C15H19ClN2O/c1-17-8-11-5-6-14(17)10-18(9-11)15(19)12-3-2-4-13(16)7-12/h2-4,7,11,14H,5-6,8-10H2,1H3/t11-,14-/m1/s1. The molecule has 1 amide bonds. The Morgan fingerprint density at radius 2 is 2.11 bits per heavy atom. The maximum Gasteiger partial charge on any atom is 0.253 e. The number of nitrogens with zero attached hydrogens (tertiary/aromatic N) is 2. The summed E-state index contributed by atoms with van der Waals surface area (Å²) in [5.74, 6) is 0.738. The van der Waals surface area contributed by atoms with E-state index in [0.717, 1.165) is 19.6 Å². The average molecular weight is 279 g/mol. The van der Waals surface area contributed by atoms with Crippen LogP contribution in [0.4, 0.5) is 0 Å². The second-order valence-corrected chi connectivity index (χ2v) is 6.19. The van der Waals surface area contributed by atoms with Crippen molar-refractivity contribution < 1.29 is 4.79 Å². The van der Waals surface area contributed by atoms with Gasteiger partial charge in [0.15, 0.2) is 0 Å². The first kappa shape index (κ1) is 12.9. The van der Waals surface area contributed by atoms with E-state index >= 15 is 0 Å². The van der Waals surface area contributed by atoms with Crippen LogP contribution in [0.3, 0.4) is 0 Å². The van der Waals surface area contributed by atoms with E-state index in [9.17, 15) is 4.79 Å². The highest BCUT2D eigenvalue weighted by Gasteiger charge is 2.34. The highest BCUT2D eigenvalue weighted by atomic mass is 35.5. The Bertz CT molecular complexity index is 491. The van der Waals surface area contributed by atoms with Crippen LogP contribution in [0, 0.1) is 5.92 Å². The fourth-order valence-electron chi connectivity index (χ4n) is 3.29. The van der Waals surface area contributed by atoms with Crippen LogP contribution >= 0.6 is 11.6 Å². The van der Waals surface area contributed by atoms with E-state index in [1.54, 1.807) is 12.1 Å². The van der Waals surface area contributed by atoms with Gasteiger partial charge in [0.25, 0.3) is 5.91 Å². The number of benzene rings is 1. The highest BCUT2D eigenvalue weighted by molar-refractivity contribution is 6.30. The predicted molar refractivity (Wildman–Crippen MR) is 76.5 cm³/mol. The zero-order valence-corrected chi connectivity index (χ0v) is 11.9. The fraction of sp³-hybridized carbons (Fsp3) is 0.533. The molecule has 0 spiro atoms. The monoisotopic (exact) mass is 278 g/mol. The quantitative estimate of drug-likeness (QED) is 0.788. The zero-order valence-electron chi connectivity index (χ0n) is 11.2. The van der Waals surface area contributed by atoms with Crippen molar-refractivity contribution in [1.29, 1.82) is 0 Å². The van der Waals surface area contributed by atoms with Gasteiger partial charge in [0.1, 0.15) is 0 Å². The third kappa shape index (κ3) is 2.63. The lowest BCUT2D eigenvalue weighted by Crippen LogP contribution is -2.41. The fourth-order valence-corrected chi connectivity index (χ4v) is 3.48. The second kappa shape index (κ2) is 5.14. The van der Waals surface area contributed by atoms with Gasteiger partial charge in [0.2, 0.25) is 0 Å². The largest absolute Gasteiger partial charge is 0.337 e. The Hall–Kier alpha value is -1.06. The topological polar surface area (TPSA) is 23.6 Å². The number of fused-ring (bicyclic) bond motifs is 4. The minimum atomic E-state index is 0.120. The van der Waals surface area contributed by atoms with Crippen molar-refractivity contribution in [3.05, 3.63) is 34.9 Å². The van der Waals surface area contributed by atoms with Crippen LogP contribution < -0.4 is 0 Å². The van der Waals surface area contributed by atoms with E-state index in [4.69, 9.17) is 11.6 Å². The van der Waals surface area contributed by atoms with Gasteiger partial charge in [-0.15, -0.1) is 0 Å². The molecular weight excluding hydrogens is 260 g/mol. The van der Waals surface area contributed by atoms with Crippen LogP contribution in [0.15, 0.2) is 24.3 Å². The molecule has 102 valence electrons. The van der Waals surface area contributed by atoms with Crippen LogP contribution in [-0.2, 0) is 0 Å². The summed E-state index contributed by atoms with van der Waals surface area (Å²) >= 11 is 5.97. The Labute approximate surface area is 119 Å². The molecule has 0 aromatic heterocycles. The summed E-state index contributed by atoms with van der Waals surface area (Å²) in [6.45, 7) is 2.84. The molecule has 3 nitrogen and oxygen atoms in total. The molecule has 0 unspecified atom stereocenters. The molecular formula is C15H19ClN2O. The maximum absolute atomic E-state index is 12.6. The normalized spacial score (nSPS) is 27.4. The SMILES string of the molecule is CN1C[C@H]2CC[C@@H]1CN(C(=O)c1cccc(Cl)c1)C2. The van der Waals surface area contributed by atoms with Crippen molar-refractivity contribution in [3.63, 3.8) is 0 Å². The molecule has 0 radical (unpaired) electrons. The van der Waals surface area contributed by atoms with Gasteiger partial charge in [-0.2, -0.15) is 0 Å². The molecule has 0 aliphatic carbocycles. The number of carbonyl (C=O) groups excluding carboxylic acids is 1. The summed E-state index contributed by atoms with van der Waals surface area (Å²) in [5.41, 5.74) is 0.705. The van der Waals surface area contributed by atoms with Gasteiger partial charge in [-0.05, 0) is 44.0 Å². The van der Waals surface area contributed by atoms with Crippen molar-refractivity contribution in [3.8, 4) is 0 Å². The van der Waals surface area contributed by atoms with E-state index < -0.39 is 0 Å². The summed E-state index contributed by atoms with van der Waals surface area (Å²) in [4.78, 5) is 17.0. The highest BCUT2D eigenvalue weighted by Crippen LogP contribution is 2.27. The average Bonchev–Trinajstić information content (AvgIpc) is 2.69. The predicted octanol–water partition coefficient (Wildman–Crippen LogP) is 2.51. The van der Waals surface area contributed by atoms with Gasteiger partial charge in [0.05, 0.1) is 0 Å². The number of halogens is 1. The zero-order chi connectivity index (χ0) is 13.4. The van der Waals surface area contributed by atoms with Crippen LogP contribution in [0.5, 0.6) is 0 Å². The number of rotatable bonds is 1. The molecule has 3 heterocycles. The van der Waals surface area contributed by atoms with Gasteiger partial charge in [-0.3, -0.25) is 4.79 Å². The molecule has 3 aliphatic rings. The molecule has 0 N–H and O–H groups in total. The van der Waals surface area contributed by atoms with E-state index in [0.29, 0.717) is 22.5 Å². The molecule has 3 saturated heterocycles. The molecule has 0 saturated carbocycles. The van der Waals surface area contributed by atoms with E-state index in [1.807, 2.05) is 17.0 Å². The summed E-state index contributed by atoms with van der Waals surface area (Å²) in [7, 11) is 2.17. The second-order valence-electron chi connectivity index (χ2n) is 5.76. The van der Waals surface area contributed by atoms with E-state index in [-0.39, 0.29) is 5.91 Å². The minimum Gasteiger partial charge on any atom is -0.337 e. The molecule has 4 rings (SSSR count). The Kier molecular flexibility index (Phi) is 3.50. The summed E-state index contributed by atoms with van der Waals surface area (Å²) in [6, 6.07) is 7.78. The first-order chi connectivity index (χ1) is 9.13. The molecule has 1 aromatic carbocycles. The Balaban J connectivity index is 1.81. The molecule has 2 bridgehead atoms. The summed E-state index contributed by atoms with van der Waals surface area (Å²) in [5, 5.41) is 0.626. The van der Waals surface area contributed by atoms with Gasteiger partial charge < -0.3 is 9.80 Å². The molecule has 2 atom stereocenters.